The smallest absolute Gasteiger partial charge is 0.271 e. The Hall–Kier alpha value is -3.39. The monoisotopic (exact) mass is 461 g/mol. The predicted octanol–water partition coefficient (Wildman–Crippen LogP) is 3.63. The number of aromatic nitrogens is 3. The van der Waals surface area contributed by atoms with E-state index < -0.39 is 0 Å². The summed E-state index contributed by atoms with van der Waals surface area (Å²) in [5.41, 5.74) is 2.11. The van der Waals surface area contributed by atoms with Crippen LogP contribution < -0.4 is 9.47 Å². The lowest BCUT2D eigenvalue weighted by atomic mass is 9.98. The number of carbonyl (C=O) groups excluding carboxylic acids is 1. The molecule has 0 bridgehead atoms. The van der Waals surface area contributed by atoms with Crippen LogP contribution in [0.2, 0.25) is 0 Å². The number of para-hydroxylation sites is 1. The van der Waals surface area contributed by atoms with E-state index in [0.29, 0.717) is 17.4 Å². The maximum atomic E-state index is 13.1. The number of rotatable bonds is 6. The molecule has 2 fully saturated rings. The standard InChI is InChI=1S/C26H31N5O3/c1-33-25-5-3-2-4-22(25)23-18-24(29-28-23)26(32)31-14-8-19(9-15-31)30-16-10-21(11-17-30)34-20-6-12-27-13-7-20/h2-7,12-13,18-19,21H,8-11,14-17H2,1H3,(H,28,29). The second-order valence-corrected chi connectivity index (χ2v) is 8.93. The van der Waals surface area contributed by atoms with E-state index in [1.54, 1.807) is 19.5 Å². The van der Waals surface area contributed by atoms with Crippen LogP contribution in [0.15, 0.2) is 54.9 Å². The summed E-state index contributed by atoms with van der Waals surface area (Å²) in [5, 5.41) is 7.29. The van der Waals surface area contributed by atoms with Gasteiger partial charge in [0.1, 0.15) is 23.3 Å². The van der Waals surface area contributed by atoms with Crippen molar-refractivity contribution in [2.75, 3.05) is 33.3 Å². The van der Waals surface area contributed by atoms with Crippen LogP contribution in [-0.2, 0) is 0 Å². The Balaban J connectivity index is 1.12. The van der Waals surface area contributed by atoms with Crippen LogP contribution >= 0.6 is 0 Å². The minimum Gasteiger partial charge on any atom is -0.496 e. The van der Waals surface area contributed by atoms with E-state index in [4.69, 9.17) is 9.47 Å². The van der Waals surface area contributed by atoms with Crippen LogP contribution in [0, 0.1) is 0 Å². The second kappa shape index (κ2) is 10.3. The summed E-state index contributed by atoms with van der Waals surface area (Å²) < 4.78 is 11.5. The summed E-state index contributed by atoms with van der Waals surface area (Å²) in [6, 6.07) is 13.9. The molecule has 4 heterocycles. The van der Waals surface area contributed by atoms with Gasteiger partial charge in [-0.05, 0) is 56.0 Å². The molecule has 8 nitrogen and oxygen atoms in total. The van der Waals surface area contributed by atoms with Gasteiger partial charge in [0.25, 0.3) is 5.91 Å². The topological polar surface area (TPSA) is 83.6 Å². The minimum absolute atomic E-state index is 0.0107. The molecule has 3 aromatic rings. The molecule has 1 amide bonds. The lowest BCUT2D eigenvalue weighted by molar-refractivity contribution is 0.0422. The highest BCUT2D eigenvalue weighted by Gasteiger charge is 2.31. The fraction of sp³-hybridized carbons (Fsp3) is 0.423. The van der Waals surface area contributed by atoms with Gasteiger partial charge in [-0.2, -0.15) is 5.10 Å². The van der Waals surface area contributed by atoms with Gasteiger partial charge in [-0.15, -0.1) is 0 Å². The highest BCUT2D eigenvalue weighted by molar-refractivity contribution is 5.93. The molecule has 0 atom stereocenters. The van der Waals surface area contributed by atoms with Gasteiger partial charge < -0.3 is 14.4 Å². The third-order valence-electron chi connectivity index (χ3n) is 6.89. The second-order valence-electron chi connectivity index (χ2n) is 8.93. The lowest BCUT2D eigenvalue weighted by Gasteiger charge is -2.41. The van der Waals surface area contributed by atoms with Crippen molar-refractivity contribution in [3.8, 4) is 22.8 Å². The number of benzene rings is 1. The van der Waals surface area contributed by atoms with Crippen molar-refractivity contribution < 1.29 is 14.3 Å². The van der Waals surface area contributed by atoms with Gasteiger partial charge in [0, 0.05) is 50.2 Å². The van der Waals surface area contributed by atoms with Gasteiger partial charge in [-0.3, -0.25) is 19.8 Å². The molecule has 2 aliphatic rings. The molecule has 1 aromatic carbocycles. The van der Waals surface area contributed by atoms with Gasteiger partial charge in [-0.1, -0.05) is 12.1 Å². The number of hydrogen-bond donors (Lipinski definition) is 1. The van der Waals surface area contributed by atoms with Crippen LogP contribution in [0.5, 0.6) is 11.5 Å². The molecular formula is C26H31N5O3. The first-order valence-electron chi connectivity index (χ1n) is 12.0. The Labute approximate surface area is 199 Å². The molecule has 0 spiro atoms. The number of H-pyrrole nitrogens is 1. The van der Waals surface area contributed by atoms with Gasteiger partial charge in [0.05, 0.1) is 12.8 Å². The third-order valence-corrected chi connectivity index (χ3v) is 6.89. The Morgan fingerprint density at radius 3 is 2.47 bits per heavy atom. The van der Waals surface area contributed by atoms with Crippen molar-refractivity contribution in [3.05, 3.63) is 60.6 Å². The van der Waals surface area contributed by atoms with Crippen LogP contribution in [0.25, 0.3) is 11.3 Å². The summed E-state index contributed by atoms with van der Waals surface area (Å²) >= 11 is 0. The Morgan fingerprint density at radius 2 is 1.74 bits per heavy atom. The van der Waals surface area contributed by atoms with E-state index >= 15 is 0 Å². The highest BCUT2D eigenvalue weighted by Crippen LogP contribution is 2.29. The number of ether oxygens (including phenoxy) is 2. The normalized spacial score (nSPS) is 18.1. The average Bonchev–Trinajstić information content (AvgIpc) is 3.40. The first-order valence-corrected chi connectivity index (χ1v) is 12.0. The van der Waals surface area contributed by atoms with Gasteiger partial charge in [-0.25, -0.2) is 0 Å². The molecule has 8 heteroatoms. The first-order chi connectivity index (χ1) is 16.7. The number of aromatic amines is 1. The largest absolute Gasteiger partial charge is 0.496 e. The van der Waals surface area contributed by atoms with Crippen molar-refractivity contribution in [1.29, 1.82) is 0 Å². The average molecular weight is 462 g/mol. The number of nitrogens with one attached hydrogen (secondary N) is 1. The summed E-state index contributed by atoms with van der Waals surface area (Å²) in [5.74, 6) is 1.65. The van der Waals surface area contributed by atoms with Crippen molar-refractivity contribution in [3.63, 3.8) is 0 Å². The minimum atomic E-state index is 0.0107. The van der Waals surface area contributed by atoms with E-state index in [2.05, 4.69) is 20.1 Å². The van der Waals surface area contributed by atoms with E-state index in [-0.39, 0.29) is 12.0 Å². The molecular weight excluding hydrogens is 430 g/mol. The van der Waals surface area contributed by atoms with Gasteiger partial charge in [0.2, 0.25) is 0 Å². The van der Waals surface area contributed by atoms with Crippen LogP contribution in [-0.4, -0.2) is 76.3 Å². The van der Waals surface area contributed by atoms with E-state index in [9.17, 15) is 4.79 Å². The SMILES string of the molecule is COc1ccccc1-c1cc(C(=O)N2CCC(N3CCC(Oc4ccncc4)CC3)CC2)[nH]n1. The van der Waals surface area contributed by atoms with E-state index in [0.717, 1.165) is 68.9 Å². The Morgan fingerprint density at radius 1 is 1.00 bits per heavy atom. The molecule has 2 saturated heterocycles. The summed E-state index contributed by atoms with van der Waals surface area (Å²) in [6.45, 7) is 3.61. The number of methoxy groups -OCH3 is 1. The zero-order valence-corrected chi connectivity index (χ0v) is 19.5. The molecule has 5 rings (SSSR count). The molecule has 2 aliphatic heterocycles. The number of piperidine rings is 2. The third kappa shape index (κ3) is 4.92. The zero-order chi connectivity index (χ0) is 23.3. The maximum absolute atomic E-state index is 13.1. The lowest BCUT2D eigenvalue weighted by Crippen LogP contribution is -2.50. The van der Waals surface area contributed by atoms with Crippen LogP contribution in [0.1, 0.15) is 36.2 Å². The van der Waals surface area contributed by atoms with Crippen molar-refractivity contribution in [2.24, 2.45) is 0 Å². The van der Waals surface area contributed by atoms with Crippen LogP contribution in [0.3, 0.4) is 0 Å². The number of hydrogen-bond acceptors (Lipinski definition) is 6. The van der Waals surface area contributed by atoms with Crippen molar-refractivity contribution in [1.82, 2.24) is 25.0 Å². The number of likely N-dealkylation sites (tertiary alicyclic amines) is 2. The molecule has 0 saturated carbocycles. The van der Waals surface area contributed by atoms with E-state index in [1.165, 1.54) is 0 Å². The van der Waals surface area contributed by atoms with E-state index in [1.807, 2.05) is 47.4 Å². The molecule has 0 aliphatic carbocycles. The number of pyridine rings is 1. The number of carbonyl (C=O) groups is 1. The summed E-state index contributed by atoms with van der Waals surface area (Å²) in [6.07, 6.45) is 7.84. The molecule has 2 aromatic heterocycles. The summed E-state index contributed by atoms with van der Waals surface area (Å²) in [7, 11) is 1.64. The van der Waals surface area contributed by atoms with Crippen molar-refractivity contribution >= 4 is 5.91 Å². The number of amides is 1. The van der Waals surface area contributed by atoms with Gasteiger partial charge >= 0.3 is 0 Å². The number of nitrogens with zero attached hydrogens (tertiary/aromatic N) is 4. The zero-order valence-electron chi connectivity index (χ0n) is 19.5. The molecule has 0 radical (unpaired) electrons. The Bertz CT molecular complexity index is 1090. The highest BCUT2D eigenvalue weighted by atomic mass is 16.5. The predicted molar refractivity (Wildman–Crippen MR) is 129 cm³/mol. The van der Waals surface area contributed by atoms with Gasteiger partial charge in [0.15, 0.2) is 0 Å². The molecule has 34 heavy (non-hydrogen) atoms. The Kier molecular flexibility index (Phi) is 6.76. The molecule has 1 N–H and O–H groups in total. The fourth-order valence-corrected chi connectivity index (χ4v) is 5.00. The molecule has 0 unspecified atom stereocenters. The summed E-state index contributed by atoms with van der Waals surface area (Å²) in [4.78, 5) is 21.6. The van der Waals surface area contributed by atoms with Crippen molar-refractivity contribution in [2.45, 2.75) is 37.8 Å². The maximum Gasteiger partial charge on any atom is 0.271 e. The molecule has 178 valence electrons. The first kappa shape index (κ1) is 22.4. The fourth-order valence-electron chi connectivity index (χ4n) is 5.00. The van der Waals surface area contributed by atoms with Crippen LogP contribution in [0.4, 0.5) is 0 Å². The quantitative estimate of drug-likeness (QED) is 0.604.